The van der Waals surface area contributed by atoms with E-state index in [1.54, 1.807) is 0 Å². The van der Waals surface area contributed by atoms with Gasteiger partial charge in [0.2, 0.25) is 5.60 Å². The average molecular weight is 528 g/mol. The SMILES string of the molecule is CC(=O)OCC1=C(C(=O)O)N2C(=O)C(NC(=O)C(=NOC(C)(C)C(=O)O)c3csc(N)n3)C2SC1. The second-order valence-corrected chi connectivity index (χ2v) is 9.81. The number of carboxylic acids is 2. The molecular formula is C19H21N5O9S2. The number of aliphatic carboxylic acids is 2. The van der Waals surface area contributed by atoms with Crippen molar-refractivity contribution in [2.24, 2.45) is 5.16 Å². The summed E-state index contributed by atoms with van der Waals surface area (Å²) in [6.07, 6.45) is 0. The summed E-state index contributed by atoms with van der Waals surface area (Å²) in [6, 6.07) is -1.11. The minimum absolute atomic E-state index is 0.000836. The smallest absolute Gasteiger partial charge is 0.352 e. The summed E-state index contributed by atoms with van der Waals surface area (Å²) in [7, 11) is 0. The number of carbonyl (C=O) groups excluding carboxylic acids is 3. The number of nitrogens with one attached hydrogen (secondary N) is 1. The Morgan fingerprint density at radius 1 is 1.34 bits per heavy atom. The highest BCUT2D eigenvalue weighted by Gasteiger charge is 2.54. The number of anilines is 1. The number of amides is 2. The lowest BCUT2D eigenvalue weighted by Crippen LogP contribution is -2.71. The normalized spacial score (nSPS) is 20.0. The van der Waals surface area contributed by atoms with Crippen LogP contribution in [0.15, 0.2) is 21.8 Å². The van der Waals surface area contributed by atoms with E-state index in [0.29, 0.717) is 0 Å². The van der Waals surface area contributed by atoms with Gasteiger partial charge in [0, 0.05) is 23.6 Å². The van der Waals surface area contributed by atoms with Crippen molar-refractivity contribution in [1.29, 1.82) is 0 Å². The van der Waals surface area contributed by atoms with Gasteiger partial charge in [-0.25, -0.2) is 14.6 Å². The molecule has 14 nitrogen and oxygen atoms in total. The number of thiazole rings is 1. The molecule has 0 aromatic carbocycles. The van der Waals surface area contributed by atoms with Crippen LogP contribution < -0.4 is 11.1 Å². The van der Waals surface area contributed by atoms with Crippen LogP contribution in [0.3, 0.4) is 0 Å². The summed E-state index contributed by atoms with van der Waals surface area (Å²) in [6.45, 7) is 3.35. The van der Waals surface area contributed by atoms with Crippen LogP contribution in [0.5, 0.6) is 0 Å². The van der Waals surface area contributed by atoms with Crippen LogP contribution in [0.2, 0.25) is 0 Å². The van der Waals surface area contributed by atoms with Crippen molar-refractivity contribution in [3.05, 3.63) is 22.3 Å². The molecule has 1 aromatic heterocycles. The van der Waals surface area contributed by atoms with Crippen LogP contribution in [0, 0.1) is 0 Å². The Morgan fingerprint density at radius 3 is 2.57 bits per heavy atom. The molecule has 2 amide bonds. The lowest BCUT2D eigenvalue weighted by Gasteiger charge is -2.49. The van der Waals surface area contributed by atoms with Gasteiger partial charge in [-0.1, -0.05) is 5.16 Å². The van der Waals surface area contributed by atoms with Crippen molar-refractivity contribution in [3.8, 4) is 0 Å². The molecule has 3 heterocycles. The number of nitrogens with zero attached hydrogens (tertiary/aromatic N) is 3. The topological polar surface area (TPSA) is 211 Å². The first-order valence-electron chi connectivity index (χ1n) is 9.88. The Balaban J connectivity index is 1.82. The number of nitrogens with two attached hydrogens (primary N) is 1. The van der Waals surface area contributed by atoms with Gasteiger partial charge in [-0.3, -0.25) is 19.3 Å². The first-order valence-corrected chi connectivity index (χ1v) is 11.8. The van der Waals surface area contributed by atoms with E-state index in [0.717, 1.165) is 16.2 Å². The van der Waals surface area contributed by atoms with Crippen LogP contribution in [0.1, 0.15) is 26.5 Å². The lowest BCUT2D eigenvalue weighted by molar-refractivity contribution is -0.161. The number of esters is 1. The molecule has 3 rings (SSSR count). The van der Waals surface area contributed by atoms with Crippen LogP contribution in [0.4, 0.5) is 5.13 Å². The van der Waals surface area contributed by atoms with Crippen LogP contribution in [0.25, 0.3) is 0 Å². The van der Waals surface area contributed by atoms with Crippen molar-refractivity contribution in [2.75, 3.05) is 18.1 Å². The van der Waals surface area contributed by atoms with Gasteiger partial charge in [0.15, 0.2) is 10.8 Å². The summed E-state index contributed by atoms with van der Waals surface area (Å²) in [4.78, 5) is 70.1. The second-order valence-electron chi connectivity index (χ2n) is 7.82. The fraction of sp³-hybridized carbons (Fsp3) is 0.421. The Labute approximate surface area is 206 Å². The molecule has 0 saturated carbocycles. The quantitative estimate of drug-likeness (QED) is 0.140. The molecule has 2 atom stereocenters. The third-order valence-corrected chi connectivity index (χ3v) is 6.86. The zero-order chi connectivity index (χ0) is 26.1. The number of nitrogen functional groups attached to an aromatic ring is 1. The second kappa shape index (κ2) is 9.91. The molecule has 0 bridgehead atoms. The minimum atomic E-state index is -1.77. The molecule has 2 aliphatic heterocycles. The Morgan fingerprint density at radius 2 is 2.03 bits per heavy atom. The molecule has 1 aromatic rings. The molecule has 1 fully saturated rings. The van der Waals surface area contributed by atoms with E-state index >= 15 is 0 Å². The molecular weight excluding hydrogens is 506 g/mol. The standard InChI is InChI=1S/C19H21N5O9S2/c1-7(25)32-4-8-5-34-15-11(14(27)24(15)12(8)16(28)29)22-13(26)10(9-6-35-18(20)21-9)23-33-19(2,3)17(30)31/h6,11,15H,4-5H2,1-3H3,(H2,20,21)(H,22,26)(H,28,29)(H,30,31). The molecule has 0 aliphatic carbocycles. The molecule has 35 heavy (non-hydrogen) atoms. The van der Waals surface area contributed by atoms with Crippen molar-refractivity contribution in [3.63, 3.8) is 0 Å². The van der Waals surface area contributed by atoms with E-state index in [1.165, 1.54) is 37.9 Å². The number of oxime groups is 1. The summed E-state index contributed by atoms with van der Waals surface area (Å²) in [5.74, 6) is -4.76. The fourth-order valence-electron chi connectivity index (χ4n) is 2.99. The summed E-state index contributed by atoms with van der Waals surface area (Å²) in [5, 5.41) is 25.8. The van der Waals surface area contributed by atoms with Gasteiger partial charge < -0.3 is 30.8 Å². The zero-order valence-electron chi connectivity index (χ0n) is 18.6. The van der Waals surface area contributed by atoms with Crippen molar-refractivity contribution >= 4 is 63.7 Å². The van der Waals surface area contributed by atoms with Crippen molar-refractivity contribution in [2.45, 2.75) is 37.8 Å². The minimum Gasteiger partial charge on any atom is -0.478 e. The van der Waals surface area contributed by atoms with E-state index in [-0.39, 0.29) is 34.5 Å². The van der Waals surface area contributed by atoms with Gasteiger partial charge in [0.1, 0.15) is 29.4 Å². The number of hydrogen-bond donors (Lipinski definition) is 4. The number of β-lactam (4-membered cyclic amide) rings is 1. The highest BCUT2D eigenvalue weighted by Crippen LogP contribution is 2.40. The third-order valence-electron chi connectivity index (χ3n) is 4.85. The Kier molecular flexibility index (Phi) is 7.35. The number of aromatic nitrogens is 1. The monoisotopic (exact) mass is 527 g/mol. The first kappa shape index (κ1) is 26.0. The van der Waals surface area contributed by atoms with Gasteiger partial charge >= 0.3 is 17.9 Å². The maximum absolute atomic E-state index is 13.0. The Bertz CT molecular complexity index is 1160. The average Bonchev–Trinajstić information content (AvgIpc) is 3.20. The van der Waals surface area contributed by atoms with E-state index in [4.69, 9.17) is 15.3 Å². The molecule has 5 N–H and O–H groups in total. The van der Waals surface area contributed by atoms with E-state index in [1.807, 2.05) is 0 Å². The fourth-order valence-corrected chi connectivity index (χ4v) is 4.87. The zero-order valence-corrected chi connectivity index (χ0v) is 20.3. The molecule has 16 heteroatoms. The van der Waals surface area contributed by atoms with Gasteiger partial charge in [-0.05, 0) is 13.8 Å². The highest BCUT2D eigenvalue weighted by molar-refractivity contribution is 8.00. The maximum Gasteiger partial charge on any atom is 0.352 e. The van der Waals surface area contributed by atoms with Crippen molar-refractivity contribution in [1.82, 2.24) is 15.2 Å². The van der Waals surface area contributed by atoms with E-state index in [9.17, 15) is 34.2 Å². The van der Waals surface area contributed by atoms with Gasteiger partial charge in [0.25, 0.3) is 11.8 Å². The van der Waals surface area contributed by atoms with Crippen LogP contribution >= 0.6 is 23.1 Å². The first-order chi connectivity index (χ1) is 16.3. The molecule has 2 unspecified atom stereocenters. The number of carbonyl (C=O) groups is 5. The van der Waals surface area contributed by atoms with Crippen LogP contribution in [-0.2, 0) is 33.5 Å². The summed E-state index contributed by atoms with van der Waals surface area (Å²) >= 11 is 2.18. The Hall–Kier alpha value is -3.66. The molecule has 1 saturated heterocycles. The van der Waals surface area contributed by atoms with E-state index < -0.39 is 52.5 Å². The number of carboxylic acid groups (broad SMARTS) is 2. The molecule has 2 aliphatic rings. The van der Waals surface area contributed by atoms with E-state index in [2.05, 4.69) is 15.5 Å². The molecule has 188 valence electrons. The number of ether oxygens (including phenoxy) is 1. The van der Waals surface area contributed by atoms with Gasteiger partial charge in [-0.2, -0.15) is 0 Å². The van der Waals surface area contributed by atoms with Gasteiger partial charge in [0.05, 0.1) is 0 Å². The summed E-state index contributed by atoms with van der Waals surface area (Å²) in [5.41, 5.74) is 3.38. The number of hydrogen-bond acceptors (Lipinski definition) is 12. The lowest BCUT2D eigenvalue weighted by atomic mass is 10.0. The third kappa shape index (κ3) is 5.37. The molecule has 0 spiro atoms. The number of thioether (sulfide) groups is 1. The number of fused-ring (bicyclic) bond motifs is 1. The van der Waals surface area contributed by atoms with Gasteiger partial charge in [-0.15, -0.1) is 23.1 Å². The van der Waals surface area contributed by atoms with Crippen molar-refractivity contribution < 1.29 is 43.8 Å². The number of rotatable bonds is 9. The molecule has 0 radical (unpaired) electrons. The van der Waals surface area contributed by atoms with Crippen LogP contribution in [-0.4, -0.2) is 84.9 Å². The predicted molar refractivity (Wildman–Crippen MR) is 122 cm³/mol. The maximum atomic E-state index is 13.0. The predicted octanol–water partition coefficient (Wildman–Crippen LogP) is -0.389. The highest BCUT2D eigenvalue weighted by atomic mass is 32.2. The largest absolute Gasteiger partial charge is 0.478 e. The summed E-state index contributed by atoms with van der Waals surface area (Å²) < 4.78 is 4.88.